The van der Waals surface area contributed by atoms with Crippen molar-refractivity contribution in [1.29, 1.82) is 0 Å². The molecule has 1 aliphatic heterocycles. The Morgan fingerprint density at radius 2 is 1.81 bits per heavy atom. The summed E-state index contributed by atoms with van der Waals surface area (Å²) in [7, 11) is 5.32. The van der Waals surface area contributed by atoms with E-state index in [-0.39, 0.29) is 16.9 Å². The van der Waals surface area contributed by atoms with Gasteiger partial charge in [-0.05, 0) is 75.6 Å². The minimum atomic E-state index is -4.61. The van der Waals surface area contributed by atoms with Gasteiger partial charge in [-0.3, -0.25) is 14.8 Å². The zero-order valence-corrected chi connectivity index (χ0v) is 27.5. The summed E-state index contributed by atoms with van der Waals surface area (Å²) in [4.78, 5) is 33.8. The highest BCUT2D eigenvalue weighted by atomic mass is 19.4. The molecule has 1 heterocycles. The molecule has 252 valence electrons. The third kappa shape index (κ3) is 10.1. The summed E-state index contributed by atoms with van der Waals surface area (Å²) in [6.45, 7) is 6.84. The van der Waals surface area contributed by atoms with E-state index in [0.717, 1.165) is 18.1 Å². The molecule has 4 rings (SSSR count). The first-order chi connectivity index (χ1) is 22.9. The van der Waals surface area contributed by atoms with Crippen LogP contribution in [0.3, 0.4) is 0 Å². The number of hydrogen-bond donors (Lipinski definition) is 3. The van der Waals surface area contributed by atoms with Crippen molar-refractivity contribution in [3.05, 3.63) is 101 Å². The molecule has 1 aliphatic rings. The minimum Gasteiger partial charge on any atom is -0.373 e. The molecule has 0 unspecified atom stereocenters. The fraction of sp³-hybridized carbons (Fsp3) is 0.286. The molecule has 0 aliphatic carbocycles. The first-order valence-electron chi connectivity index (χ1n) is 15.3. The lowest BCUT2D eigenvalue weighted by Crippen LogP contribution is -2.30. The van der Waals surface area contributed by atoms with Gasteiger partial charge in [0.15, 0.2) is 5.82 Å². The number of anilines is 3. The number of benzene rings is 3. The lowest BCUT2D eigenvalue weighted by Gasteiger charge is -2.25. The standard InChI is InChI=1S/C35H40F3N9O/c1-24-11-12-26(33(48)43-27-13-14-31(28(22-27)35(36,37)38)47(5)20-19-46(3)4)21-30(24)44-32(42-23-39-2)29-16-18-41-34(45-29)40-17-15-25-9-7-6-8-10-25/h6-14,18,21-23,44H,2,15-17,19-20H2,1,3-5H3,(H,40,45)(H,43,48)/b32-29-,42-23?. The zero-order chi connectivity index (χ0) is 34.7. The molecule has 0 bridgehead atoms. The van der Waals surface area contributed by atoms with Crippen LogP contribution >= 0.6 is 0 Å². The molecule has 0 radical (unpaired) electrons. The molecule has 1 amide bonds. The Bertz CT molecular complexity index is 1710. The number of halogens is 3. The van der Waals surface area contributed by atoms with Crippen LogP contribution in [0.4, 0.5) is 30.2 Å². The number of nitrogens with one attached hydrogen (secondary N) is 3. The van der Waals surface area contributed by atoms with Crippen molar-refractivity contribution in [2.45, 2.75) is 25.9 Å². The van der Waals surface area contributed by atoms with Gasteiger partial charge in [-0.1, -0.05) is 36.4 Å². The molecule has 3 aromatic carbocycles. The van der Waals surface area contributed by atoms with E-state index in [0.29, 0.717) is 49.2 Å². The molecule has 48 heavy (non-hydrogen) atoms. The highest BCUT2D eigenvalue weighted by molar-refractivity contribution is 6.05. The first-order valence-corrected chi connectivity index (χ1v) is 15.3. The van der Waals surface area contributed by atoms with Crippen LogP contribution in [0.1, 0.15) is 33.5 Å². The normalized spacial score (nSPS) is 15.0. The molecule has 0 saturated heterocycles. The molecule has 10 nitrogen and oxygen atoms in total. The van der Waals surface area contributed by atoms with Crippen molar-refractivity contribution >= 4 is 48.2 Å². The van der Waals surface area contributed by atoms with Crippen LogP contribution in [-0.2, 0) is 12.6 Å². The monoisotopic (exact) mass is 659 g/mol. The van der Waals surface area contributed by atoms with Crippen LogP contribution in [0.15, 0.2) is 98.2 Å². The molecule has 13 heteroatoms. The van der Waals surface area contributed by atoms with Gasteiger partial charge >= 0.3 is 6.18 Å². The Morgan fingerprint density at radius 3 is 2.52 bits per heavy atom. The summed E-state index contributed by atoms with van der Waals surface area (Å²) in [6, 6.07) is 18.8. The second-order valence-corrected chi connectivity index (χ2v) is 11.4. The summed E-state index contributed by atoms with van der Waals surface area (Å²) in [5, 5.41) is 9.10. The van der Waals surface area contributed by atoms with E-state index in [1.54, 1.807) is 36.4 Å². The van der Waals surface area contributed by atoms with Gasteiger partial charge in [-0.25, -0.2) is 9.98 Å². The number of aryl methyl sites for hydroxylation is 1. The van der Waals surface area contributed by atoms with Crippen LogP contribution < -0.4 is 20.9 Å². The van der Waals surface area contributed by atoms with Crippen LogP contribution in [0.2, 0.25) is 0 Å². The fourth-order valence-corrected chi connectivity index (χ4v) is 4.77. The van der Waals surface area contributed by atoms with Gasteiger partial charge < -0.3 is 25.8 Å². The minimum absolute atomic E-state index is 0.0291. The molecule has 3 N–H and O–H groups in total. The lowest BCUT2D eigenvalue weighted by atomic mass is 10.1. The number of carbonyl (C=O) groups excluding carboxylic acids is 1. The largest absolute Gasteiger partial charge is 0.418 e. The van der Waals surface area contributed by atoms with Crippen molar-refractivity contribution in [1.82, 2.24) is 10.2 Å². The van der Waals surface area contributed by atoms with Gasteiger partial charge in [-0.2, -0.15) is 13.2 Å². The second kappa shape index (κ2) is 16.5. The third-order valence-corrected chi connectivity index (χ3v) is 7.44. The Morgan fingerprint density at radius 1 is 1.04 bits per heavy atom. The maximum absolute atomic E-state index is 14.1. The summed E-state index contributed by atoms with van der Waals surface area (Å²) < 4.78 is 42.2. The number of rotatable bonds is 13. The molecular formula is C35H40F3N9O. The maximum atomic E-state index is 14.1. The number of allylic oxidation sites excluding steroid dienone is 1. The molecular weight excluding hydrogens is 619 g/mol. The van der Waals surface area contributed by atoms with Crippen molar-refractivity contribution in [2.75, 3.05) is 56.3 Å². The fourth-order valence-electron chi connectivity index (χ4n) is 4.77. The number of amides is 1. The van der Waals surface area contributed by atoms with Gasteiger partial charge in [0.25, 0.3) is 5.91 Å². The summed E-state index contributed by atoms with van der Waals surface area (Å²) in [6.07, 6.45) is -0.411. The van der Waals surface area contributed by atoms with Gasteiger partial charge in [0, 0.05) is 61.9 Å². The summed E-state index contributed by atoms with van der Waals surface area (Å²) in [5.41, 5.74) is 2.68. The van der Waals surface area contributed by atoms with Gasteiger partial charge in [0.2, 0.25) is 5.96 Å². The Labute approximate surface area is 278 Å². The maximum Gasteiger partial charge on any atom is 0.418 e. The van der Waals surface area contributed by atoms with Crippen LogP contribution in [0.25, 0.3) is 0 Å². The number of carbonyl (C=O) groups is 1. The molecule has 0 aromatic heterocycles. The van der Waals surface area contributed by atoms with Crippen molar-refractivity contribution in [2.24, 2.45) is 20.0 Å². The number of nitrogens with zero attached hydrogens (tertiary/aromatic N) is 6. The predicted octanol–water partition coefficient (Wildman–Crippen LogP) is 6.24. The number of hydrogen-bond acceptors (Lipinski definition) is 6. The SMILES string of the molecule is C=NC=N/C(Nc1cc(C(=O)Nc2ccc(N(C)CCN(C)C)c(C(F)(F)F)c2)ccc1C)=C1\CC=NC(=NCCc2ccccc2)N1. The number of guanidine groups is 1. The highest BCUT2D eigenvalue weighted by Gasteiger charge is 2.35. The molecule has 0 atom stereocenters. The summed E-state index contributed by atoms with van der Waals surface area (Å²) >= 11 is 0. The van der Waals surface area contributed by atoms with Gasteiger partial charge in [0.05, 0.1) is 11.3 Å². The topological polar surface area (TPSA) is 109 Å². The average molecular weight is 660 g/mol. The quantitative estimate of drug-likeness (QED) is 0.149. The van der Waals surface area contributed by atoms with Crippen molar-refractivity contribution in [3.8, 4) is 0 Å². The van der Waals surface area contributed by atoms with E-state index in [2.05, 4.69) is 42.6 Å². The Kier molecular flexibility index (Phi) is 12.2. The van der Waals surface area contributed by atoms with E-state index >= 15 is 0 Å². The third-order valence-electron chi connectivity index (χ3n) is 7.44. The van der Waals surface area contributed by atoms with Crippen LogP contribution in [-0.4, -0.2) is 76.8 Å². The van der Waals surface area contributed by atoms with Crippen molar-refractivity contribution < 1.29 is 18.0 Å². The Balaban J connectivity index is 1.53. The van der Waals surface area contributed by atoms with Crippen molar-refractivity contribution in [3.63, 3.8) is 0 Å². The molecule has 0 saturated carbocycles. The average Bonchev–Trinajstić information content (AvgIpc) is 3.06. The predicted molar refractivity (Wildman–Crippen MR) is 190 cm³/mol. The second-order valence-electron chi connectivity index (χ2n) is 11.4. The van der Waals surface area contributed by atoms with E-state index in [1.807, 2.05) is 56.3 Å². The first kappa shape index (κ1) is 35.6. The smallest absolute Gasteiger partial charge is 0.373 e. The van der Waals surface area contributed by atoms with E-state index in [9.17, 15) is 18.0 Å². The summed E-state index contributed by atoms with van der Waals surface area (Å²) in [5.74, 6) is 0.279. The highest BCUT2D eigenvalue weighted by Crippen LogP contribution is 2.38. The number of aliphatic imine (C=N–C) groups is 4. The number of alkyl halides is 3. The molecule has 3 aromatic rings. The van der Waals surface area contributed by atoms with Crippen LogP contribution in [0.5, 0.6) is 0 Å². The van der Waals surface area contributed by atoms with Gasteiger partial charge in [-0.15, -0.1) is 0 Å². The van der Waals surface area contributed by atoms with Gasteiger partial charge in [0.1, 0.15) is 6.34 Å². The van der Waals surface area contributed by atoms with E-state index < -0.39 is 17.6 Å². The Hall–Kier alpha value is -5.30. The molecule has 0 fully saturated rings. The van der Waals surface area contributed by atoms with E-state index in [4.69, 9.17) is 0 Å². The van der Waals surface area contributed by atoms with E-state index in [1.165, 1.54) is 24.0 Å². The lowest BCUT2D eigenvalue weighted by molar-refractivity contribution is -0.137. The number of likely N-dealkylation sites (N-methyl/N-ethyl adjacent to an activating group) is 2. The molecule has 0 spiro atoms. The van der Waals surface area contributed by atoms with Crippen LogP contribution in [0, 0.1) is 6.92 Å². The zero-order valence-electron chi connectivity index (χ0n) is 27.5.